The normalized spacial score (nSPS) is 12.3. The first-order valence-corrected chi connectivity index (χ1v) is 11.1. The second-order valence-corrected chi connectivity index (χ2v) is 7.79. The number of amides is 2. The van der Waals surface area contributed by atoms with E-state index in [1.165, 1.54) is 11.0 Å². The van der Waals surface area contributed by atoms with E-state index >= 15 is 0 Å². The standard InChI is InChI=1S/C26H32N2O6/c1-2-9-22(16-24(31)28(14-15-29)17-20-10-5-3-6-11-20)25(32)27-23(18-30)26(33)34-19-21-12-7-4-8-13-21/h2-8,10-13,22-23,29-30H,1,9,14-19H2,(H,27,32)/t22-,23-/m1/s1. The van der Waals surface area contributed by atoms with Gasteiger partial charge in [0.25, 0.3) is 0 Å². The zero-order valence-corrected chi connectivity index (χ0v) is 19.1. The molecule has 0 aliphatic heterocycles. The summed E-state index contributed by atoms with van der Waals surface area (Å²) in [7, 11) is 0. The second-order valence-electron chi connectivity index (χ2n) is 7.79. The van der Waals surface area contributed by atoms with Crippen molar-refractivity contribution < 1.29 is 29.3 Å². The molecule has 0 fully saturated rings. The zero-order chi connectivity index (χ0) is 24.8. The van der Waals surface area contributed by atoms with Gasteiger partial charge in [-0.3, -0.25) is 9.59 Å². The third-order valence-corrected chi connectivity index (χ3v) is 5.19. The number of carbonyl (C=O) groups is 3. The molecule has 8 nitrogen and oxygen atoms in total. The molecule has 8 heteroatoms. The summed E-state index contributed by atoms with van der Waals surface area (Å²) in [5, 5.41) is 21.5. The molecule has 2 amide bonds. The SMILES string of the molecule is C=CC[C@H](CC(=O)N(CCO)Cc1ccccc1)C(=O)N[C@H](CO)C(=O)OCc1ccccc1. The van der Waals surface area contributed by atoms with Crippen LogP contribution in [0.15, 0.2) is 73.3 Å². The summed E-state index contributed by atoms with van der Waals surface area (Å²) in [6.07, 6.45) is 1.59. The van der Waals surface area contributed by atoms with Crippen molar-refractivity contribution in [2.75, 3.05) is 19.8 Å². The van der Waals surface area contributed by atoms with Crippen LogP contribution < -0.4 is 5.32 Å². The molecule has 34 heavy (non-hydrogen) atoms. The fourth-order valence-electron chi connectivity index (χ4n) is 3.34. The lowest BCUT2D eigenvalue weighted by Crippen LogP contribution is -2.47. The van der Waals surface area contributed by atoms with Gasteiger partial charge in [-0.1, -0.05) is 66.7 Å². The van der Waals surface area contributed by atoms with Gasteiger partial charge in [-0.15, -0.1) is 6.58 Å². The van der Waals surface area contributed by atoms with Crippen LogP contribution in [0, 0.1) is 5.92 Å². The Morgan fingerprint density at radius 1 is 1.00 bits per heavy atom. The zero-order valence-electron chi connectivity index (χ0n) is 19.1. The van der Waals surface area contributed by atoms with Gasteiger partial charge in [0.1, 0.15) is 6.61 Å². The molecule has 0 spiro atoms. The first-order chi connectivity index (χ1) is 16.5. The van der Waals surface area contributed by atoms with Gasteiger partial charge < -0.3 is 25.2 Å². The van der Waals surface area contributed by atoms with Crippen molar-refractivity contribution in [3.63, 3.8) is 0 Å². The number of allylic oxidation sites excluding steroid dienone is 1. The van der Waals surface area contributed by atoms with Gasteiger partial charge in [-0.2, -0.15) is 0 Å². The molecule has 2 aromatic rings. The Labute approximate surface area is 199 Å². The number of nitrogens with zero attached hydrogens (tertiary/aromatic N) is 1. The lowest BCUT2D eigenvalue weighted by molar-refractivity contribution is -0.150. The molecule has 0 unspecified atom stereocenters. The number of hydrogen-bond acceptors (Lipinski definition) is 6. The Morgan fingerprint density at radius 2 is 1.62 bits per heavy atom. The summed E-state index contributed by atoms with van der Waals surface area (Å²) >= 11 is 0. The van der Waals surface area contributed by atoms with Crippen LogP contribution >= 0.6 is 0 Å². The first-order valence-electron chi connectivity index (χ1n) is 11.1. The van der Waals surface area contributed by atoms with Crippen LogP contribution in [-0.2, 0) is 32.3 Å². The number of aliphatic hydroxyl groups excluding tert-OH is 2. The van der Waals surface area contributed by atoms with Crippen molar-refractivity contribution in [1.82, 2.24) is 10.2 Å². The van der Waals surface area contributed by atoms with Gasteiger partial charge in [-0.25, -0.2) is 4.79 Å². The minimum Gasteiger partial charge on any atom is -0.459 e. The molecule has 0 saturated carbocycles. The van der Waals surface area contributed by atoms with E-state index in [1.54, 1.807) is 12.1 Å². The maximum Gasteiger partial charge on any atom is 0.331 e. The Kier molecular flexibility index (Phi) is 11.5. The highest BCUT2D eigenvalue weighted by atomic mass is 16.5. The molecule has 0 aliphatic rings. The van der Waals surface area contributed by atoms with E-state index in [0.29, 0.717) is 6.54 Å². The third kappa shape index (κ3) is 8.80. The second kappa shape index (κ2) is 14.6. The average Bonchev–Trinajstić information content (AvgIpc) is 2.86. The van der Waals surface area contributed by atoms with Crippen LogP contribution in [0.1, 0.15) is 24.0 Å². The predicted octanol–water partition coefficient (Wildman–Crippen LogP) is 1.81. The first kappa shape index (κ1) is 26.8. The maximum absolute atomic E-state index is 12.9. The van der Waals surface area contributed by atoms with Crippen molar-refractivity contribution in [1.29, 1.82) is 0 Å². The highest BCUT2D eigenvalue weighted by Gasteiger charge is 2.28. The molecule has 0 bridgehead atoms. The Hall–Kier alpha value is -3.49. The van der Waals surface area contributed by atoms with E-state index in [0.717, 1.165) is 11.1 Å². The van der Waals surface area contributed by atoms with Crippen LogP contribution in [0.4, 0.5) is 0 Å². The quantitative estimate of drug-likeness (QED) is 0.288. The molecule has 2 atom stereocenters. The lowest BCUT2D eigenvalue weighted by atomic mass is 9.98. The number of esters is 1. The average molecular weight is 469 g/mol. The summed E-state index contributed by atoms with van der Waals surface area (Å²) in [4.78, 5) is 39.6. The smallest absolute Gasteiger partial charge is 0.331 e. The Bertz CT molecular complexity index is 919. The summed E-state index contributed by atoms with van der Waals surface area (Å²) in [6.45, 7) is 3.23. The minimum absolute atomic E-state index is 0.0101. The third-order valence-electron chi connectivity index (χ3n) is 5.19. The van der Waals surface area contributed by atoms with Gasteiger partial charge in [0.2, 0.25) is 11.8 Å². The van der Waals surface area contributed by atoms with Gasteiger partial charge in [-0.05, 0) is 17.5 Å². The van der Waals surface area contributed by atoms with Crippen molar-refractivity contribution >= 4 is 17.8 Å². The van der Waals surface area contributed by atoms with Gasteiger partial charge in [0, 0.05) is 19.5 Å². The van der Waals surface area contributed by atoms with E-state index < -0.39 is 30.4 Å². The molecule has 0 aromatic heterocycles. The molecule has 2 aromatic carbocycles. The Balaban J connectivity index is 1.99. The molecule has 182 valence electrons. The monoisotopic (exact) mass is 468 g/mol. The molecule has 3 N–H and O–H groups in total. The molecule has 0 radical (unpaired) electrons. The molecule has 0 aliphatic carbocycles. The van der Waals surface area contributed by atoms with E-state index in [-0.39, 0.29) is 38.5 Å². The number of aliphatic hydroxyl groups is 2. The fourth-order valence-corrected chi connectivity index (χ4v) is 3.34. The minimum atomic E-state index is -1.25. The molecule has 0 saturated heterocycles. The van der Waals surface area contributed by atoms with Crippen LogP contribution in [0.25, 0.3) is 0 Å². The van der Waals surface area contributed by atoms with E-state index in [4.69, 9.17) is 4.74 Å². The number of benzene rings is 2. The van der Waals surface area contributed by atoms with Crippen LogP contribution in [0.5, 0.6) is 0 Å². The topological polar surface area (TPSA) is 116 Å². The molecule has 2 rings (SSSR count). The number of hydrogen-bond donors (Lipinski definition) is 3. The molecular formula is C26H32N2O6. The molecular weight excluding hydrogens is 436 g/mol. The summed E-state index contributed by atoms with van der Waals surface area (Å²) in [6, 6.07) is 17.1. The summed E-state index contributed by atoms with van der Waals surface area (Å²) in [5.74, 6) is -2.44. The van der Waals surface area contributed by atoms with Gasteiger partial charge in [0.15, 0.2) is 6.04 Å². The van der Waals surface area contributed by atoms with Crippen molar-refractivity contribution in [3.05, 3.63) is 84.4 Å². The largest absolute Gasteiger partial charge is 0.459 e. The number of ether oxygens (including phenoxy) is 1. The van der Waals surface area contributed by atoms with Crippen LogP contribution in [0.3, 0.4) is 0 Å². The van der Waals surface area contributed by atoms with E-state index in [1.807, 2.05) is 48.5 Å². The Morgan fingerprint density at radius 3 is 2.18 bits per heavy atom. The summed E-state index contributed by atoms with van der Waals surface area (Å²) < 4.78 is 5.20. The fraction of sp³-hybridized carbons (Fsp3) is 0.346. The highest BCUT2D eigenvalue weighted by Crippen LogP contribution is 2.15. The van der Waals surface area contributed by atoms with Gasteiger partial charge in [0.05, 0.1) is 19.1 Å². The van der Waals surface area contributed by atoms with Gasteiger partial charge >= 0.3 is 5.97 Å². The van der Waals surface area contributed by atoms with E-state index in [2.05, 4.69) is 11.9 Å². The lowest BCUT2D eigenvalue weighted by Gasteiger charge is -2.25. The van der Waals surface area contributed by atoms with Crippen LogP contribution in [-0.4, -0.2) is 58.7 Å². The number of rotatable bonds is 14. The predicted molar refractivity (Wildman–Crippen MR) is 127 cm³/mol. The summed E-state index contributed by atoms with van der Waals surface area (Å²) in [5.41, 5.74) is 1.67. The highest BCUT2D eigenvalue weighted by molar-refractivity contribution is 5.89. The van der Waals surface area contributed by atoms with Crippen molar-refractivity contribution in [2.45, 2.75) is 32.0 Å². The van der Waals surface area contributed by atoms with E-state index in [9.17, 15) is 24.6 Å². The number of nitrogens with one attached hydrogen (secondary N) is 1. The van der Waals surface area contributed by atoms with Crippen molar-refractivity contribution in [2.24, 2.45) is 5.92 Å². The van der Waals surface area contributed by atoms with Crippen molar-refractivity contribution in [3.8, 4) is 0 Å². The number of carbonyl (C=O) groups excluding carboxylic acids is 3. The maximum atomic E-state index is 12.9. The van der Waals surface area contributed by atoms with Crippen LogP contribution in [0.2, 0.25) is 0 Å². The molecule has 0 heterocycles.